The van der Waals surface area contributed by atoms with Crippen molar-refractivity contribution in [3.05, 3.63) is 59.0 Å². The van der Waals surface area contributed by atoms with Crippen molar-refractivity contribution < 1.29 is 13.2 Å². The number of rotatable bonds is 5. The Bertz CT molecular complexity index is 980. The second-order valence-electron chi connectivity index (χ2n) is 7.04. The molecule has 2 aliphatic rings. The summed E-state index contributed by atoms with van der Waals surface area (Å²) in [5, 5.41) is 0. The molecule has 5 nitrogen and oxygen atoms in total. The SMILES string of the molecule is CC(=O)N1CC=C(c2ccc(S(=O)(=O)N[C@H]3C[C@@H]3c3ccccc3)s2)CC1. The maximum absolute atomic E-state index is 12.7. The van der Waals surface area contributed by atoms with E-state index in [-0.39, 0.29) is 17.9 Å². The monoisotopic (exact) mass is 402 g/mol. The second kappa shape index (κ2) is 7.22. The molecule has 7 heteroatoms. The maximum atomic E-state index is 12.7. The molecule has 1 aliphatic carbocycles. The van der Waals surface area contributed by atoms with Crippen LogP contribution in [0.1, 0.15) is 36.1 Å². The van der Waals surface area contributed by atoms with E-state index in [1.807, 2.05) is 42.5 Å². The highest BCUT2D eigenvalue weighted by atomic mass is 32.2. The summed E-state index contributed by atoms with van der Waals surface area (Å²) < 4.78 is 28.6. The van der Waals surface area contributed by atoms with Crippen LogP contribution in [0, 0.1) is 0 Å². The van der Waals surface area contributed by atoms with Gasteiger partial charge < -0.3 is 4.90 Å². The zero-order valence-electron chi connectivity index (χ0n) is 15.1. The summed E-state index contributed by atoms with van der Waals surface area (Å²) in [4.78, 5) is 14.2. The van der Waals surface area contributed by atoms with Crippen molar-refractivity contribution in [3.63, 3.8) is 0 Å². The minimum Gasteiger partial charge on any atom is -0.339 e. The zero-order valence-corrected chi connectivity index (χ0v) is 16.7. The molecule has 0 unspecified atom stereocenters. The average molecular weight is 403 g/mol. The number of amides is 1. The predicted molar refractivity (Wildman–Crippen MR) is 107 cm³/mol. The molecule has 1 fully saturated rings. The summed E-state index contributed by atoms with van der Waals surface area (Å²) in [6.45, 7) is 2.84. The van der Waals surface area contributed by atoms with E-state index in [4.69, 9.17) is 0 Å². The van der Waals surface area contributed by atoms with Gasteiger partial charge >= 0.3 is 0 Å². The van der Waals surface area contributed by atoms with Crippen molar-refractivity contribution in [2.24, 2.45) is 0 Å². The summed E-state index contributed by atoms with van der Waals surface area (Å²) >= 11 is 1.30. The molecule has 1 N–H and O–H groups in total. The average Bonchev–Trinajstić information content (AvgIpc) is 3.22. The van der Waals surface area contributed by atoms with Gasteiger partial charge in [0.2, 0.25) is 15.9 Å². The lowest BCUT2D eigenvalue weighted by Gasteiger charge is -2.24. The maximum Gasteiger partial charge on any atom is 0.250 e. The van der Waals surface area contributed by atoms with E-state index in [0.717, 1.165) is 23.3 Å². The summed E-state index contributed by atoms with van der Waals surface area (Å²) in [7, 11) is -3.50. The first-order valence-corrected chi connectivity index (χ1v) is 11.4. The highest BCUT2D eigenvalue weighted by Gasteiger charge is 2.41. The van der Waals surface area contributed by atoms with Crippen LogP contribution in [0.4, 0.5) is 0 Å². The highest BCUT2D eigenvalue weighted by Crippen LogP contribution is 2.42. The fraction of sp³-hybridized carbons (Fsp3) is 0.350. The number of hydrogen-bond acceptors (Lipinski definition) is 4. The summed E-state index contributed by atoms with van der Waals surface area (Å²) in [6.07, 6.45) is 3.62. The highest BCUT2D eigenvalue weighted by molar-refractivity contribution is 7.91. The molecule has 0 bridgehead atoms. The fourth-order valence-corrected chi connectivity index (χ4v) is 6.15. The minimum atomic E-state index is -3.50. The first kappa shape index (κ1) is 18.4. The Kier molecular flexibility index (Phi) is 4.92. The number of sulfonamides is 1. The first-order valence-electron chi connectivity index (χ1n) is 9.06. The lowest BCUT2D eigenvalue weighted by Crippen LogP contribution is -2.32. The largest absolute Gasteiger partial charge is 0.339 e. The van der Waals surface area contributed by atoms with Gasteiger partial charge in [-0.1, -0.05) is 36.4 Å². The van der Waals surface area contributed by atoms with Crippen molar-refractivity contribution in [3.8, 4) is 0 Å². The molecule has 1 amide bonds. The molecule has 4 rings (SSSR count). The van der Waals surface area contributed by atoms with Gasteiger partial charge in [-0.15, -0.1) is 11.3 Å². The van der Waals surface area contributed by atoms with Gasteiger partial charge in [0.05, 0.1) is 0 Å². The normalized spacial score (nSPS) is 22.4. The summed E-state index contributed by atoms with van der Waals surface area (Å²) in [6, 6.07) is 13.5. The van der Waals surface area contributed by atoms with Crippen molar-refractivity contribution in [1.29, 1.82) is 0 Å². The Morgan fingerprint density at radius 1 is 1.19 bits per heavy atom. The van der Waals surface area contributed by atoms with Crippen LogP contribution >= 0.6 is 11.3 Å². The molecular formula is C20H22N2O3S2. The van der Waals surface area contributed by atoms with Gasteiger partial charge in [-0.25, -0.2) is 13.1 Å². The van der Waals surface area contributed by atoms with Crippen molar-refractivity contribution in [2.45, 2.75) is 35.9 Å². The number of nitrogens with zero attached hydrogens (tertiary/aromatic N) is 1. The standard InChI is InChI=1S/C20H22N2O3S2/c1-14(23)22-11-9-16(10-12-22)19-7-8-20(26-19)27(24,25)21-18-13-17(18)15-5-3-2-4-6-15/h2-9,17-18,21H,10-13H2,1H3/t17-,18+/m1/s1. The summed E-state index contributed by atoms with van der Waals surface area (Å²) in [5.41, 5.74) is 2.30. The Balaban J connectivity index is 1.43. The van der Waals surface area contributed by atoms with Gasteiger partial charge in [0.15, 0.2) is 0 Å². The molecule has 0 saturated heterocycles. The molecule has 1 aromatic carbocycles. The molecule has 0 radical (unpaired) electrons. The van der Waals surface area contributed by atoms with Crippen LogP contribution in [0.25, 0.3) is 5.57 Å². The number of benzene rings is 1. The third-order valence-electron chi connectivity index (χ3n) is 5.14. The molecule has 2 heterocycles. The van der Waals surface area contributed by atoms with E-state index < -0.39 is 10.0 Å². The summed E-state index contributed by atoms with van der Waals surface area (Å²) in [5.74, 6) is 0.334. The number of nitrogens with one attached hydrogen (secondary N) is 1. The van der Waals surface area contributed by atoms with Crippen LogP contribution in [0.2, 0.25) is 0 Å². The molecule has 1 aromatic heterocycles. The Hall–Kier alpha value is -1.96. The van der Waals surface area contributed by atoms with Crippen LogP contribution in [0.3, 0.4) is 0 Å². The molecular weight excluding hydrogens is 380 g/mol. The second-order valence-corrected chi connectivity index (χ2v) is 10.1. The molecule has 2 aromatic rings. The Morgan fingerprint density at radius 3 is 2.63 bits per heavy atom. The van der Waals surface area contributed by atoms with E-state index in [9.17, 15) is 13.2 Å². The molecule has 142 valence electrons. The predicted octanol–water partition coefficient (Wildman–Crippen LogP) is 3.22. The smallest absolute Gasteiger partial charge is 0.250 e. The van der Waals surface area contributed by atoms with Crippen molar-refractivity contribution in [2.75, 3.05) is 13.1 Å². The first-order chi connectivity index (χ1) is 12.9. The number of carbonyl (C=O) groups is 1. The van der Waals surface area contributed by atoms with Gasteiger partial charge in [0.25, 0.3) is 0 Å². The van der Waals surface area contributed by atoms with E-state index >= 15 is 0 Å². The van der Waals surface area contributed by atoms with Crippen molar-refractivity contribution in [1.82, 2.24) is 9.62 Å². The van der Waals surface area contributed by atoms with Crippen LogP contribution in [-0.4, -0.2) is 38.4 Å². The van der Waals surface area contributed by atoms with Gasteiger partial charge in [-0.3, -0.25) is 4.79 Å². The quantitative estimate of drug-likeness (QED) is 0.835. The van der Waals surface area contributed by atoms with Crippen LogP contribution in [0.5, 0.6) is 0 Å². The molecule has 27 heavy (non-hydrogen) atoms. The minimum absolute atomic E-state index is 0.0269. The fourth-order valence-electron chi connectivity index (χ4n) is 3.47. The lowest BCUT2D eigenvalue weighted by atomic mass is 10.1. The number of hydrogen-bond donors (Lipinski definition) is 1. The Labute approximate surface area is 163 Å². The van der Waals surface area contributed by atoms with Crippen LogP contribution in [-0.2, 0) is 14.8 Å². The topological polar surface area (TPSA) is 66.5 Å². The van der Waals surface area contributed by atoms with E-state index in [1.165, 1.54) is 16.9 Å². The van der Waals surface area contributed by atoms with Crippen LogP contribution < -0.4 is 4.72 Å². The molecule has 1 aliphatic heterocycles. The van der Waals surface area contributed by atoms with E-state index in [1.54, 1.807) is 17.9 Å². The molecule has 1 saturated carbocycles. The van der Waals surface area contributed by atoms with Gasteiger partial charge in [-0.2, -0.15) is 0 Å². The Morgan fingerprint density at radius 2 is 1.96 bits per heavy atom. The number of thiophene rings is 1. The number of carbonyl (C=O) groups excluding carboxylic acids is 1. The van der Waals surface area contributed by atoms with Gasteiger partial charge in [-0.05, 0) is 36.1 Å². The molecule has 0 spiro atoms. The van der Waals surface area contributed by atoms with Crippen molar-refractivity contribution >= 4 is 32.8 Å². The zero-order chi connectivity index (χ0) is 19.0. The molecule has 2 atom stereocenters. The van der Waals surface area contributed by atoms with E-state index in [0.29, 0.717) is 17.3 Å². The van der Waals surface area contributed by atoms with E-state index in [2.05, 4.69) is 4.72 Å². The van der Waals surface area contributed by atoms with Crippen LogP contribution in [0.15, 0.2) is 52.7 Å². The third kappa shape index (κ3) is 4.00. The van der Waals surface area contributed by atoms with Gasteiger partial charge in [0.1, 0.15) is 4.21 Å². The third-order valence-corrected chi connectivity index (χ3v) is 8.28. The lowest BCUT2D eigenvalue weighted by molar-refractivity contribution is -0.128. The van der Waals surface area contributed by atoms with Gasteiger partial charge in [0, 0.05) is 36.9 Å².